The normalized spacial score (nSPS) is 19.3. The standard InChI is InChI=1S/C13H19N3O2/c1-18-13(17)10-5-7-15-12(8-10)16-9-11-4-2-3-6-14-11/h5,7-8,11,14H,2-4,6,9H2,1H3,(H,15,16). The Hall–Kier alpha value is -1.62. The first-order chi connectivity index (χ1) is 8.79. The van der Waals surface area contributed by atoms with Crippen LogP contribution < -0.4 is 10.6 Å². The minimum Gasteiger partial charge on any atom is -0.465 e. The molecule has 0 bridgehead atoms. The topological polar surface area (TPSA) is 63.2 Å². The minimum absolute atomic E-state index is 0.337. The van der Waals surface area contributed by atoms with Gasteiger partial charge in [-0.3, -0.25) is 0 Å². The molecular weight excluding hydrogens is 230 g/mol. The summed E-state index contributed by atoms with van der Waals surface area (Å²) in [7, 11) is 1.38. The van der Waals surface area contributed by atoms with Gasteiger partial charge in [-0.1, -0.05) is 6.42 Å². The van der Waals surface area contributed by atoms with Crippen molar-refractivity contribution in [2.75, 3.05) is 25.5 Å². The molecule has 0 aromatic carbocycles. The van der Waals surface area contributed by atoms with E-state index in [1.807, 2.05) is 0 Å². The summed E-state index contributed by atoms with van der Waals surface area (Å²) >= 11 is 0. The molecule has 1 saturated heterocycles. The van der Waals surface area contributed by atoms with Crippen molar-refractivity contribution in [3.8, 4) is 0 Å². The summed E-state index contributed by atoms with van der Waals surface area (Å²) in [5, 5.41) is 6.71. The van der Waals surface area contributed by atoms with Crippen LogP contribution in [0.25, 0.3) is 0 Å². The largest absolute Gasteiger partial charge is 0.465 e. The fourth-order valence-corrected chi connectivity index (χ4v) is 2.10. The molecule has 0 amide bonds. The number of nitrogens with one attached hydrogen (secondary N) is 2. The molecule has 2 rings (SSSR count). The van der Waals surface area contributed by atoms with Crippen molar-refractivity contribution < 1.29 is 9.53 Å². The predicted molar refractivity (Wildman–Crippen MR) is 69.7 cm³/mol. The molecule has 98 valence electrons. The fourth-order valence-electron chi connectivity index (χ4n) is 2.10. The number of anilines is 1. The summed E-state index contributed by atoms with van der Waals surface area (Å²) in [4.78, 5) is 15.6. The van der Waals surface area contributed by atoms with E-state index in [1.54, 1.807) is 18.3 Å². The summed E-state index contributed by atoms with van der Waals surface area (Å²) in [5.41, 5.74) is 0.520. The van der Waals surface area contributed by atoms with E-state index in [0.29, 0.717) is 17.4 Å². The Kier molecular flexibility index (Phi) is 4.52. The van der Waals surface area contributed by atoms with Crippen molar-refractivity contribution in [2.45, 2.75) is 25.3 Å². The number of carbonyl (C=O) groups excluding carboxylic acids is 1. The highest BCUT2D eigenvalue weighted by Gasteiger charge is 2.12. The lowest BCUT2D eigenvalue weighted by Gasteiger charge is -2.23. The van der Waals surface area contributed by atoms with E-state index in [1.165, 1.54) is 26.4 Å². The molecule has 1 aliphatic rings. The summed E-state index contributed by atoms with van der Waals surface area (Å²) < 4.78 is 4.68. The molecule has 2 heterocycles. The number of esters is 1. The molecule has 18 heavy (non-hydrogen) atoms. The first kappa shape index (κ1) is 12.8. The first-order valence-electron chi connectivity index (χ1n) is 6.31. The fraction of sp³-hybridized carbons (Fsp3) is 0.538. The van der Waals surface area contributed by atoms with Crippen LogP contribution in [0.3, 0.4) is 0 Å². The SMILES string of the molecule is COC(=O)c1ccnc(NCC2CCCCN2)c1. The molecule has 0 saturated carbocycles. The third kappa shape index (κ3) is 3.43. The van der Waals surface area contributed by atoms with Crippen LogP contribution in [0.4, 0.5) is 5.82 Å². The minimum atomic E-state index is -0.337. The van der Waals surface area contributed by atoms with Gasteiger partial charge in [0.25, 0.3) is 0 Å². The number of methoxy groups -OCH3 is 1. The molecule has 5 heteroatoms. The van der Waals surface area contributed by atoms with Crippen molar-refractivity contribution >= 4 is 11.8 Å². The molecular formula is C13H19N3O2. The predicted octanol–water partition coefficient (Wildman–Crippen LogP) is 1.42. The van der Waals surface area contributed by atoms with Gasteiger partial charge in [0.2, 0.25) is 0 Å². The monoisotopic (exact) mass is 249 g/mol. The third-order valence-corrected chi connectivity index (χ3v) is 3.12. The third-order valence-electron chi connectivity index (χ3n) is 3.12. The van der Waals surface area contributed by atoms with E-state index in [2.05, 4.69) is 20.4 Å². The maximum Gasteiger partial charge on any atom is 0.338 e. The van der Waals surface area contributed by atoms with Gasteiger partial charge in [0.15, 0.2) is 0 Å². The van der Waals surface area contributed by atoms with E-state index >= 15 is 0 Å². The van der Waals surface area contributed by atoms with Gasteiger partial charge in [-0.25, -0.2) is 9.78 Å². The Balaban J connectivity index is 1.90. The zero-order chi connectivity index (χ0) is 12.8. The highest BCUT2D eigenvalue weighted by Crippen LogP contribution is 2.10. The Morgan fingerprint density at radius 1 is 1.61 bits per heavy atom. The lowest BCUT2D eigenvalue weighted by Crippen LogP contribution is -2.39. The number of ether oxygens (including phenoxy) is 1. The first-order valence-corrected chi connectivity index (χ1v) is 6.31. The van der Waals surface area contributed by atoms with Crippen LogP contribution in [0, 0.1) is 0 Å². The molecule has 0 radical (unpaired) electrons. The van der Waals surface area contributed by atoms with Crippen molar-refractivity contribution in [3.05, 3.63) is 23.9 Å². The second-order valence-electron chi connectivity index (χ2n) is 4.45. The molecule has 0 spiro atoms. The summed E-state index contributed by atoms with van der Waals surface area (Å²) in [6.45, 7) is 1.92. The van der Waals surface area contributed by atoms with Crippen LogP contribution in [0.5, 0.6) is 0 Å². The van der Waals surface area contributed by atoms with Crippen LogP contribution in [-0.4, -0.2) is 37.2 Å². The highest BCUT2D eigenvalue weighted by atomic mass is 16.5. The van der Waals surface area contributed by atoms with Crippen molar-refractivity contribution in [1.82, 2.24) is 10.3 Å². The maximum absolute atomic E-state index is 11.4. The second kappa shape index (κ2) is 6.35. The Morgan fingerprint density at radius 2 is 2.50 bits per heavy atom. The highest BCUT2D eigenvalue weighted by molar-refractivity contribution is 5.89. The number of carbonyl (C=O) groups is 1. The number of hydrogen-bond acceptors (Lipinski definition) is 5. The summed E-state index contributed by atoms with van der Waals surface area (Å²) in [6.07, 6.45) is 5.33. The van der Waals surface area contributed by atoms with E-state index in [4.69, 9.17) is 0 Å². The van der Waals surface area contributed by atoms with Crippen LogP contribution in [0.1, 0.15) is 29.6 Å². The van der Waals surface area contributed by atoms with Crippen molar-refractivity contribution in [3.63, 3.8) is 0 Å². The summed E-state index contributed by atoms with van der Waals surface area (Å²) in [6, 6.07) is 3.85. The molecule has 1 aromatic heterocycles. The van der Waals surface area contributed by atoms with Crippen molar-refractivity contribution in [2.24, 2.45) is 0 Å². The number of piperidine rings is 1. The number of aromatic nitrogens is 1. The van der Waals surface area contributed by atoms with Gasteiger partial charge in [0.05, 0.1) is 12.7 Å². The van der Waals surface area contributed by atoms with Gasteiger partial charge in [0.1, 0.15) is 5.82 Å². The zero-order valence-corrected chi connectivity index (χ0v) is 10.6. The lowest BCUT2D eigenvalue weighted by atomic mass is 10.1. The van der Waals surface area contributed by atoms with Crippen molar-refractivity contribution in [1.29, 1.82) is 0 Å². The van der Waals surface area contributed by atoms with E-state index in [0.717, 1.165) is 13.1 Å². The molecule has 1 atom stereocenters. The van der Waals surface area contributed by atoms with Gasteiger partial charge in [0, 0.05) is 18.8 Å². The zero-order valence-electron chi connectivity index (χ0n) is 10.6. The smallest absolute Gasteiger partial charge is 0.338 e. The van der Waals surface area contributed by atoms with E-state index in [-0.39, 0.29) is 5.97 Å². The average Bonchev–Trinajstić information content (AvgIpc) is 2.45. The maximum atomic E-state index is 11.4. The Morgan fingerprint density at radius 3 is 3.22 bits per heavy atom. The lowest BCUT2D eigenvalue weighted by molar-refractivity contribution is 0.0600. The van der Waals surface area contributed by atoms with Crippen LogP contribution in [0.2, 0.25) is 0 Å². The summed E-state index contributed by atoms with van der Waals surface area (Å²) in [5.74, 6) is 0.376. The van der Waals surface area contributed by atoms with E-state index < -0.39 is 0 Å². The number of pyridine rings is 1. The average molecular weight is 249 g/mol. The van der Waals surface area contributed by atoms with Gasteiger partial charge in [-0.2, -0.15) is 0 Å². The number of rotatable bonds is 4. The van der Waals surface area contributed by atoms with Gasteiger partial charge in [-0.15, -0.1) is 0 Å². The number of nitrogens with zero attached hydrogens (tertiary/aromatic N) is 1. The van der Waals surface area contributed by atoms with Crippen LogP contribution in [0.15, 0.2) is 18.3 Å². The number of hydrogen-bond donors (Lipinski definition) is 2. The Bertz CT molecular complexity index is 403. The van der Waals surface area contributed by atoms with E-state index in [9.17, 15) is 4.79 Å². The van der Waals surface area contributed by atoms with Crippen LogP contribution >= 0.6 is 0 Å². The quantitative estimate of drug-likeness (QED) is 0.790. The molecule has 1 unspecified atom stereocenters. The van der Waals surface area contributed by atoms with Gasteiger partial charge < -0.3 is 15.4 Å². The van der Waals surface area contributed by atoms with Gasteiger partial charge >= 0.3 is 5.97 Å². The van der Waals surface area contributed by atoms with Gasteiger partial charge in [-0.05, 0) is 31.5 Å². The molecule has 1 fully saturated rings. The Labute approximate surface area is 107 Å². The molecule has 2 N–H and O–H groups in total. The molecule has 1 aliphatic heterocycles. The second-order valence-corrected chi connectivity index (χ2v) is 4.45. The molecule has 1 aromatic rings. The van der Waals surface area contributed by atoms with Crippen LogP contribution in [-0.2, 0) is 4.74 Å². The molecule has 5 nitrogen and oxygen atoms in total. The molecule has 0 aliphatic carbocycles.